The van der Waals surface area contributed by atoms with Crippen molar-refractivity contribution in [3.63, 3.8) is 0 Å². The SMILES string of the molecule is O=C(O)COc1ccccc1-c1c2nc(c(-c3ccccc3OCC(=O)O)c3ccc([nH]3)c(-c3ccccc3OCC(=O)O)c3nc(c(-c4ccccc4OCC(=O)O)c4ccc1[nH]4)C=C3)C=C2. The molecule has 0 radical (unpaired) electrons. The third-order valence-corrected chi connectivity index (χ3v) is 10.8. The van der Waals surface area contributed by atoms with Gasteiger partial charge in [-0.3, -0.25) is 0 Å². The van der Waals surface area contributed by atoms with E-state index in [9.17, 15) is 39.6 Å². The van der Waals surface area contributed by atoms with Gasteiger partial charge in [0.15, 0.2) is 26.4 Å². The van der Waals surface area contributed by atoms with Crippen molar-refractivity contribution in [3.05, 3.63) is 144 Å². The molecule has 2 aliphatic rings. The van der Waals surface area contributed by atoms with Gasteiger partial charge in [0.2, 0.25) is 0 Å². The molecule has 16 heteroatoms. The van der Waals surface area contributed by atoms with Gasteiger partial charge in [0.25, 0.3) is 0 Å². The van der Waals surface area contributed by atoms with E-state index in [4.69, 9.17) is 28.9 Å². The Bertz CT molecular complexity index is 2970. The van der Waals surface area contributed by atoms with Crippen LogP contribution in [-0.2, 0) is 19.2 Å². The van der Waals surface area contributed by atoms with Gasteiger partial charge in [0.1, 0.15) is 23.0 Å². The van der Waals surface area contributed by atoms with Crippen LogP contribution in [0.3, 0.4) is 0 Å². The van der Waals surface area contributed by atoms with E-state index in [1.54, 1.807) is 121 Å². The smallest absolute Gasteiger partial charge is 0.341 e. The van der Waals surface area contributed by atoms with Gasteiger partial charge in [0, 0.05) is 66.6 Å². The molecule has 0 fully saturated rings. The summed E-state index contributed by atoms with van der Waals surface area (Å²) in [6.07, 6.45) is 7.22. The lowest BCUT2D eigenvalue weighted by Crippen LogP contribution is -2.10. The fourth-order valence-electron chi connectivity index (χ4n) is 8.09. The van der Waals surface area contributed by atoms with Crippen LogP contribution in [0.15, 0.2) is 121 Å². The topological polar surface area (TPSA) is 243 Å². The minimum Gasteiger partial charge on any atom is -0.481 e. The highest BCUT2D eigenvalue weighted by Crippen LogP contribution is 2.44. The molecule has 0 spiro atoms. The standard InChI is InChI=1S/C52H38N4O12/c57-45(58)25-65-41-13-5-1-9-29(41)49-33-17-19-35(53-33)50(30-10-2-6-14-42(30)66-26-46(59)60)37-21-23-39(55-37)52(32-12-4-8-16-44(32)68-28-48(63)64)40-24-22-38(56-40)51(36-20-18-34(49)54-36)31-11-3-7-15-43(31)67-27-47(61)62/h1-24,53,56H,25-28H2,(H,57,58)(H,59,60)(H,61,62)(H,63,64). The number of para-hydroxylation sites is 4. The van der Waals surface area contributed by atoms with Crippen LogP contribution in [-0.4, -0.2) is 90.7 Å². The number of aromatic amines is 2. The first-order valence-corrected chi connectivity index (χ1v) is 20.9. The molecule has 9 rings (SSSR count). The van der Waals surface area contributed by atoms with Crippen molar-refractivity contribution in [2.45, 2.75) is 0 Å². The summed E-state index contributed by atoms with van der Waals surface area (Å²) in [7, 11) is 0. The molecule has 0 saturated heterocycles. The van der Waals surface area contributed by atoms with Gasteiger partial charge in [-0.15, -0.1) is 0 Å². The van der Waals surface area contributed by atoms with E-state index in [1.807, 2.05) is 24.3 Å². The van der Waals surface area contributed by atoms with Crippen molar-refractivity contribution in [2.75, 3.05) is 26.4 Å². The van der Waals surface area contributed by atoms with Crippen molar-refractivity contribution < 1.29 is 58.6 Å². The van der Waals surface area contributed by atoms with Crippen LogP contribution in [0.5, 0.6) is 23.0 Å². The summed E-state index contributed by atoms with van der Waals surface area (Å²) in [4.78, 5) is 64.8. The molecule has 68 heavy (non-hydrogen) atoms. The second kappa shape index (κ2) is 19.0. The van der Waals surface area contributed by atoms with Crippen molar-refractivity contribution in [1.82, 2.24) is 19.9 Å². The first kappa shape index (κ1) is 43.8. The highest BCUT2D eigenvalue weighted by molar-refractivity contribution is 6.02. The van der Waals surface area contributed by atoms with E-state index in [1.165, 1.54) is 0 Å². The van der Waals surface area contributed by atoms with E-state index in [0.717, 1.165) is 0 Å². The lowest BCUT2D eigenvalue weighted by Gasteiger charge is -2.13. The monoisotopic (exact) mass is 910 g/mol. The molecule has 7 aromatic rings. The number of aliphatic carboxylic acids is 4. The molecule has 0 unspecified atom stereocenters. The first-order valence-electron chi connectivity index (χ1n) is 20.9. The van der Waals surface area contributed by atoms with Crippen molar-refractivity contribution in [1.29, 1.82) is 0 Å². The molecule has 5 heterocycles. The normalized spacial score (nSPS) is 11.5. The average molecular weight is 911 g/mol. The molecule has 338 valence electrons. The van der Waals surface area contributed by atoms with Crippen molar-refractivity contribution in [3.8, 4) is 67.5 Å². The second-order valence-electron chi connectivity index (χ2n) is 15.2. The summed E-state index contributed by atoms with van der Waals surface area (Å²) in [6, 6.07) is 35.2. The predicted molar refractivity (Wildman–Crippen MR) is 253 cm³/mol. The summed E-state index contributed by atoms with van der Waals surface area (Å²) < 4.78 is 23.4. The third kappa shape index (κ3) is 9.09. The Morgan fingerprint density at radius 3 is 0.794 bits per heavy atom. The van der Waals surface area contributed by atoms with Crippen LogP contribution >= 0.6 is 0 Å². The Hall–Kier alpha value is -9.44. The van der Waals surface area contributed by atoms with Gasteiger partial charge < -0.3 is 49.3 Å². The van der Waals surface area contributed by atoms with Gasteiger partial charge in [-0.25, -0.2) is 29.1 Å². The van der Waals surface area contributed by atoms with E-state index in [-0.39, 0.29) is 23.0 Å². The summed E-state index contributed by atoms with van der Waals surface area (Å²) in [5.41, 5.74) is 8.01. The second-order valence-corrected chi connectivity index (χ2v) is 15.2. The number of hydrogen-bond acceptors (Lipinski definition) is 10. The maximum atomic E-state index is 11.8. The largest absolute Gasteiger partial charge is 0.481 e. The Labute approximate surface area is 385 Å². The first-order chi connectivity index (χ1) is 33.0. The molecule has 3 aromatic heterocycles. The quantitative estimate of drug-likeness (QED) is 0.0530. The Balaban J connectivity index is 1.46. The van der Waals surface area contributed by atoms with Gasteiger partial charge in [0.05, 0.1) is 22.8 Å². The van der Waals surface area contributed by atoms with Gasteiger partial charge in [-0.1, -0.05) is 72.8 Å². The van der Waals surface area contributed by atoms with Crippen LogP contribution < -0.4 is 18.9 Å². The zero-order chi connectivity index (χ0) is 47.3. The van der Waals surface area contributed by atoms with E-state index >= 15 is 0 Å². The fourth-order valence-corrected chi connectivity index (χ4v) is 8.09. The van der Waals surface area contributed by atoms with Gasteiger partial charge >= 0.3 is 23.9 Å². The number of fused-ring (bicyclic) bond motifs is 8. The van der Waals surface area contributed by atoms with Crippen LogP contribution in [0.25, 0.3) is 90.9 Å². The van der Waals surface area contributed by atoms with Gasteiger partial charge in [-0.05, 0) is 72.8 Å². The zero-order valence-corrected chi connectivity index (χ0v) is 35.6. The molecule has 2 aliphatic heterocycles. The Morgan fingerprint density at radius 2 is 0.574 bits per heavy atom. The molecule has 16 nitrogen and oxygen atoms in total. The highest BCUT2D eigenvalue weighted by Gasteiger charge is 2.24. The predicted octanol–water partition coefficient (Wildman–Crippen LogP) is 9.18. The maximum absolute atomic E-state index is 11.8. The summed E-state index contributed by atoms with van der Waals surface area (Å²) in [5.74, 6) is -3.63. The molecule has 8 bridgehead atoms. The number of rotatable bonds is 16. The zero-order valence-electron chi connectivity index (χ0n) is 35.6. The number of carboxylic acid groups (broad SMARTS) is 4. The number of hydrogen-bond donors (Lipinski definition) is 6. The van der Waals surface area contributed by atoms with E-state index in [0.29, 0.717) is 89.4 Å². The van der Waals surface area contributed by atoms with E-state index in [2.05, 4.69) is 9.97 Å². The number of nitrogens with one attached hydrogen (secondary N) is 2. The number of benzene rings is 4. The number of carboxylic acids is 4. The van der Waals surface area contributed by atoms with Gasteiger partial charge in [-0.2, -0.15) is 0 Å². The summed E-state index contributed by atoms with van der Waals surface area (Å²) >= 11 is 0. The van der Waals surface area contributed by atoms with Crippen LogP contribution in [0.1, 0.15) is 22.8 Å². The van der Waals surface area contributed by atoms with Crippen molar-refractivity contribution in [2.24, 2.45) is 0 Å². The lowest BCUT2D eigenvalue weighted by molar-refractivity contribution is -0.140. The molecule has 0 amide bonds. The Kier molecular flexibility index (Phi) is 12.2. The van der Waals surface area contributed by atoms with E-state index < -0.39 is 50.3 Å². The Morgan fingerprint density at radius 1 is 0.353 bits per heavy atom. The molecule has 6 N–H and O–H groups in total. The van der Waals surface area contributed by atoms with Crippen molar-refractivity contribution >= 4 is 70.2 Å². The number of aromatic nitrogens is 4. The van der Waals surface area contributed by atoms with Crippen LogP contribution in [0.2, 0.25) is 0 Å². The molecule has 0 aliphatic carbocycles. The summed E-state index contributed by atoms with van der Waals surface area (Å²) in [6.45, 7) is -2.48. The number of H-pyrrole nitrogens is 2. The van der Waals surface area contributed by atoms with Crippen LogP contribution in [0.4, 0.5) is 0 Å². The fraction of sp³-hybridized carbons (Fsp3) is 0.0769. The molecule has 0 atom stereocenters. The summed E-state index contributed by atoms with van der Waals surface area (Å²) in [5, 5.41) is 38.5. The molecule has 4 aromatic carbocycles. The molecular weight excluding hydrogens is 873 g/mol. The number of carbonyl (C=O) groups is 4. The average Bonchev–Trinajstić information content (AvgIpc) is 4.19. The number of nitrogens with zero attached hydrogens (tertiary/aromatic N) is 2. The minimum atomic E-state index is -1.17. The highest BCUT2D eigenvalue weighted by atomic mass is 16.5. The minimum absolute atomic E-state index is 0.264. The lowest BCUT2D eigenvalue weighted by atomic mass is 10.0. The maximum Gasteiger partial charge on any atom is 0.341 e. The van der Waals surface area contributed by atoms with Crippen LogP contribution in [0, 0.1) is 0 Å². The number of ether oxygens (including phenoxy) is 4. The molecule has 0 saturated carbocycles. The third-order valence-electron chi connectivity index (χ3n) is 10.8. The molecular formula is C52H38N4O12.